The summed E-state index contributed by atoms with van der Waals surface area (Å²) in [5.41, 5.74) is -0.255. The van der Waals surface area contributed by atoms with Crippen LogP contribution in [0.3, 0.4) is 0 Å². The zero-order valence-corrected chi connectivity index (χ0v) is 26.3. The number of rotatable bonds is 8. The zero-order valence-electron chi connectivity index (χ0n) is 25.5. The van der Waals surface area contributed by atoms with E-state index in [1.165, 1.54) is 41.0 Å². The Balaban J connectivity index is 1.64. The van der Waals surface area contributed by atoms with E-state index in [1.54, 1.807) is 6.92 Å². The molecule has 1 fully saturated rings. The van der Waals surface area contributed by atoms with Gasteiger partial charge in [0.25, 0.3) is 15.6 Å². The van der Waals surface area contributed by atoms with Gasteiger partial charge in [-0.05, 0) is 91.5 Å². The molecule has 2 aromatic carbocycles. The average molecular weight is 621 g/mol. The monoisotopic (exact) mass is 620 g/mol. The Hall–Kier alpha value is -4.41. The van der Waals surface area contributed by atoms with Crippen LogP contribution in [0.15, 0.2) is 62.1 Å². The Bertz CT molecular complexity index is 1790. The van der Waals surface area contributed by atoms with Crippen LogP contribution in [0.5, 0.6) is 0 Å². The lowest BCUT2D eigenvalue weighted by molar-refractivity contribution is 0.217. The third kappa shape index (κ3) is 7.03. The van der Waals surface area contributed by atoms with Crippen molar-refractivity contribution in [1.82, 2.24) is 14.5 Å². The van der Waals surface area contributed by atoms with Crippen molar-refractivity contribution in [1.29, 1.82) is 5.26 Å². The van der Waals surface area contributed by atoms with Crippen molar-refractivity contribution in [2.45, 2.75) is 69.5 Å². The van der Waals surface area contributed by atoms with E-state index in [0.29, 0.717) is 23.5 Å². The van der Waals surface area contributed by atoms with E-state index in [9.17, 15) is 18.5 Å². The topological polar surface area (TPSA) is 145 Å². The van der Waals surface area contributed by atoms with Gasteiger partial charge in [0.1, 0.15) is 28.3 Å². The Morgan fingerprint density at radius 1 is 1.18 bits per heavy atom. The van der Waals surface area contributed by atoms with Crippen molar-refractivity contribution >= 4 is 34.2 Å². The number of halogens is 1. The van der Waals surface area contributed by atoms with Crippen LogP contribution in [0.4, 0.5) is 15.9 Å². The maximum atomic E-state index is 15.3. The SMILES string of the molecule is C=NC(=NC1CCC(N(C)C)CC1)Nc1c(C)nc(-c2ccc(NS(=O)(=O)c3ccccc3C#N)c(F)c2)c(=O)n1C(C)C. The summed E-state index contributed by atoms with van der Waals surface area (Å²) in [5, 5.41) is 12.4. The molecule has 11 nitrogen and oxygen atoms in total. The molecule has 1 heterocycles. The summed E-state index contributed by atoms with van der Waals surface area (Å²) in [4.78, 5) is 29.0. The number of nitrogens with one attached hydrogen (secondary N) is 2. The van der Waals surface area contributed by atoms with Gasteiger partial charge in [-0.2, -0.15) is 5.26 Å². The summed E-state index contributed by atoms with van der Waals surface area (Å²) in [6.45, 7) is 9.07. The number of hydrogen-bond acceptors (Lipinski definition) is 7. The average Bonchev–Trinajstić information content (AvgIpc) is 2.99. The fraction of sp³-hybridized carbons (Fsp3) is 0.387. The lowest BCUT2D eigenvalue weighted by Gasteiger charge is -2.31. The van der Waals surface area contributed by atoms with Gasteiger partial charge in [-0.25, -0.2) is 27.8 Å². The molecule has 3 aromatic rings. The normalized spacial score (nSPS) is 17.4. The van der Waals surface area contributed by atoms with Crippen LogP contribution >= 0.6 is 0 Å². The molecule has 0 unspecified atom stereocenters. The highest BCUT2D eigenvalue weighted by Crippen LogP contribution is 2.28. The number of sulfonamides is 1. The van der Waals surface area contributed by atoms with Gasteiger partial charge in [-0.15, -0.1) is 0 Å². The molecule has 0 aliphatic heterocycles. The van der Waals surface area contributed by atoms with Gasteiger partial charge in [0.05, 0.1) is 23.0 Å². The highest BCUT2D eigenvalue weighted by atomic mass is 32.2. The fourth-order valence-corrected chi connectivity index (χ4v) is 6.55. The molecule has 13 heteroatoms. The first-order valence-corrected chi connectivity index (χ1v) is 15.8. The molecular weight excluding hydrogens is 583 g/mol. The Morgan fingerprint density at radius 3 is 2.45 bits per heavy atom. The molecule has 232 valence electrons. The number of nitriles is 1. The van der Waals surface area contributed by atoms with Crippen molar-refractivity contribution in [2.24, 2.45) is 9.98 Å². The third-order valence-corrected chi connectivity index (χ3v) is 9.09. The summed E-state index contributed by atoms with van der Waals surface area (Å²) in [6, 6.07) is 11.4. The van der Waals surface area contributed by atoms with Crippen molar-refractivity contribution in [2.75, 3.05) is 24.1 Å². The number of aliphatic imine (C=N–C) groups is 2. The lowest BCUT2D eigenvalue weighted by Crippen LogP contribution is -2.34. The quantitative estimate of drug-likeness (QED) is 0.268. The van der Waals surface area contributed by atoms with Crippen LogP contribution in [-0.4, -0.2) is 61.7 Å². The standard InChI is InChI=1S/C31H37FN8O3S/c1-19(2)40-29(37-31(34-4)36-23-12-14-24(15-13-23)39(5)6)20(3)35-28(30(40)41)21-11-16-26(25(32)17-21)38-44(42,43)27-10-8-7-9-22(27)18-33/h7-11,16-17,19,23-24,38H,4,12-15H2,1-3,5-6H3,(H,36,37). The Kier molecular flexibility index (Phi) is 9.96. The fourth-order valence-electron chi connectivity index (χ4n) is 5.32. The molecule has 0 amide bonds. The predicted octanol–water partition coefficient (Wildman–Crippen LogP) is 4.95. The molecule has 1 aliphatic carbocycles. The minimum Gasteiger partial charge on any atom is -0.309 e. The minimum atomic E-state index is -4.26. The van der Waals surface area contributed by atoms with E-state index in [0.717, 1.165) is 31.7 Å². The summed E-state index contributed by atoms with van der Waals surface area (Å²) in [7, 11) is -0.0904. The highest BCUT2D eigenvalue weighted by molar-refractivity contribution is 7.92. The van der Waals surface area contributed by atoms with Crippen molar-refractivity contribution in [3.63, 3.8) is 0 Å². The van der Waals surface area contributed by atoms with Crippen LogP contribution in [0.25, 0.3) is 11.3 Å². The number of benzene rings is 2. The van der Waals surface area contributed by atoms with Crippen molar-refractivity contribution < 1.29 is 12.8 Å². The van der Waals surface area contributed by atoms with Crippen LogP contribution in [-0.2, 0) is 10.0 Å². The van der Waals surface area contributed by atoms with Crippen molar-refractivity contribution in [3.05, 3.63) is 69.9 Å². The van der Waals surface area contributed by atoms with E-state index < -0.39 is 21.4 Å². The first-order valence-electron chi connectivity index (χ1n) is 14.3. The number of anilines is 2. The first-order chi connectivity index (χ1) is 20.9. The van der Waals surface area contributed by atoms with Gasteiger partial charge < -0.3 is 10.2 Å². The minimum absolute atomic E-state index is 0.00283. The second-order valence-corrected chi connectivity index (χ2v) is 12.9. The van der Waals surface area contributed by atoms with Crippen LogP contribution in [0.2, 0.25) is 0 Å². The summed E-state index contributed by atoms with van der Waals surface area (Å²) in [6.07, 6.45) is 3.89. The molecule has 0 spiro atoms. The molecule has 4 rings (SSSR count). The largest absolute Gasteiger partial charge is 0.309 e. The molecule has 2 N–H and O–H groups in total. The van der Waals surface area contributed by atoms with Gasteiger partial charge in [0.15, 0.2) is 0 Å². The molecule has 1 aromatic heterocycles. The molecule has 1 aliphatic rings. The van der Waals surface area contributed by atoms with E-state index in [4.69, 9.17) is 4.99 Å². The summed E-state index contributed by atoms with van der Waals surface area (Å²) in [5.74, 6) is -0.208. The van der Waals surface area contributed by atoms with Crippen LogP contribution in [0, 0.1) is 24.1 Å². The maximum absolute atomic E-state index is 15.3. The molecule has 0 atom stereocenters. The van der Waals surface area contributed by atoms with Gasteiger partial charge in [-0.3, -0.25) is 14.1 Å². The Morgan fingerprint density at radius 2 is 1.86 bits per heavy atom. The third-order valence-electron chi connectivity index (χ3n) is 7.67. The summed E-state index contributed by atoms with van der Waals surface area (Å²) < 4.78 is 44.8. The molecule has 0 radical (unpaired) electrons. The second-order valence-electron chi connectivity index (χ2n) is 11.2. The number of guanidine groups is 1. The highest BCUT2D eigenvalue weighted by Gasteiger charge is 2.25. The molecule has 44 heavy (non-hydrogen) atoms. The molecular formula is C31H37FN8O3S. The molecule has 1 saturated carbocycles. The number of nitrogens with zero attached hydrogens (tertiary/aromatic N) is 6. The Labute approximate surface area is 257 Å². The van der Waals surface area contributed by atoms with E-state index in [-0.39, 0.29) is 39.5 Å². The van der Waals surface area contributed by atoms with Gasteiger partial charge in [-0.1, -0.05) is 18.2 Å². The van der Waals surface area contributed by atoms with Crippen molar-refractivity contribution in [3.8, 4) is 17.3 Å². The smallest absolute Gasteiger partial charge is 0.278 e. The van der Waals surface area contributed by atoms with Gasteiger partial charge in [0, 0.05) is 17.6 Å². The number of hydrogen-bond donors (Lipinski definition) is 2. The van der Waals surface area contributed by atoms with Crippen LogP contribution in [0.1, 0.15) is 56.8 Å². The van der Waals surface area contributed by atoms with E-state index in [1.807, 2.05) is 19.9 Å². The zero-order chi connectivity index (χ0) is 32.2. The first kappa shape index (κ1) is 32.5. The molecule has 0 saturated heterocycles. The van der Waals surface area contributed by atoms with E-state index >= 15 is 4.39 Å². The van der Waals surface area contributed by atoms with Gasteiger partial charge >= 0.3 is 0 Å². The maximum Gasteiger partial charge on any atom is 0.278 e. The number of aryl methyl sites for hydroxylation is 1. The van der Waals surface area contributed by atoms with Gasteiger partial charge in [0.2, 0.25) is 5.96 Å². The molecule has 0 bridgehead atoms. The predicted molar refractivity (Wildman–Crippen MR) is 171 cm³/mol. The second kappa shape index (κ2) is 13.5. The lowest BCUT2D eigenvalue weighted by atomic mass is 9.91. The number of aromatic nitrogens is 2. The van der Waals surface area contributed by atoms with Crippen LogP contribution < -0.4 is 15.6 Å². The summed E-state index contributed by atoms with van der Waals surface area (Å²) >= 11 is 0. The van der Waals surface area contributed by atoms with E-state index in [2.05, 4.69) is 45.7 Å².